The SMILES string of the molecule is C=CCn1c(=O)c(C)c(/N=C(\N=C)Nc2ccc(N3CCC4(CC3)CNC4)c(C)c2)n1-c1ccc(=O)n(C(C)C)n1. The van der Waals surface area contributed by atoms with E-state index in [9.17, 15) is 9.59 Å². The van der Waals surface area contributed by atoms with Gasteiger partial charge in [0.2, 0.25) is 5.96 Å². The van der Waals surface area contributed by atoms with Crippen LogP contribution < -0.4 is 26.7 Å². The Hall–Kier alpha value is -4.25. The first-order chi connectivity index (χ1) is 19.7. The Labute approximate surface area is 239 Å². The number of benzene rings is 1. The second-order valence-electron chi connectivity index (χ2n) is 11.3. The third kappa shape index (κ3) is 5.41. The second kappa shape index (κ2) is 11.3. The fraction of sp³-hybridized carbons (Fsp3) is 0.433. The zero-order valence-corrected chi connectivity index (χ0v) is 24.4. The smallest absolute Gasteiger partial charge is 0.272 e. The normalized spacial score (nSPS) is 16.6. The first-order valence-electron chi connectivity index (χ1n) is 14.1. The molecule has 0 bridgehead atoms. The summed E-state index contributed by atoms with van der Waals surface area (Å²) in [6, 6.07) is 9.09. The molecule has 41 heavy (non-hydrogen) atoms. The van der Waals surface area contributed by atoms with Crippen LogP contribution in [0, 0.1) is 19.3 Å². The number of piperidine rings is 1. The lowest BCUT2D eigenvalue weighted by Crippen LogP contribution is -2.58. The summed E-state index contributed by atoms with van der Waals surface area (Å²) in [6.45, 7) is 19.7. The van der Waals surface area contributed by atoms with E-state index in [4.69, 9.17) is 4.99 Å². The summed E-state index contributed by atoms with van der Waals surface area (Å²) in [6.07, 6.45) is 4.06. The molecule has 0 amide bonds. The van der Waals surface area contributed by atoms with Crippen molar-refractivity contribution in [1.82, 2.24) is 24.5 Å². The molecule has 0 aliphatic carbocycles. The van der Waals surface area contributed by atoms with Crippen LogP contribution in [0.4, 0.5) is 17.2 Å². The number of nitrogens with zero attached hydrogens (tertiary/aromatic N) is 7. The molecule has 4 heterocycles. The molecule has 1 spiro atoms. The maximum Gasteiger partial charge on any atom is 0.272 e. The van der Waals surface area contributed by atoms with Crippen LogP contribution in [0.15, 0.2) is 62.6 Å². The highest BCUT2D eigenvalue weighted by molar-refractivity contribution is 5.98. The summed E-state index contributed by atoms with van der Waals surface area (Å²) in [5, 5.41) is 11.2. The van der Waals surface area contributed by atoms with Gasteiger partial charge < -0.3 is 15.5 Å². The van der Waals surface area contributed by atoms with E-state index in [-0.39, 0.29) is 29.7 Å². The van der Waals surface area contributed by atoms with Gasteiger partial charge in [0.15, 0.2) is 11.6 Å². The number of aromatic nitrogens is 4. The van der Waals surface area contributed by atoms with E-state index in [1.54, 1.807) is 23.7 Å². The minimum atomic E-state index is -0.239. The molecule has 2 aliphatic heterocycles. The molecule has 1 aromatic carbocycles. The first kappa shape index (κ1) is 28.3. The number of rotatable bonds is 7. The predicted molar refractivity (Wildman–Crippen MR) is 166 cm³/mol. The summed E-state index contributed by atoms with van der Waals surface area (Å²) in [5.41, 5.74) is 3.66. The maximum atomic E-state index is 13.2. The minimum absolute atomic E-state index is 0.162. The largest absolute Gasteiger partial charge is 0.371 e. The number of guanidine groups is 1. The van der Waals surface area contributed by atoms with E-state index in [1.165, 1.54) is 34.0 Å². The van der Waals surface area contributed by atoms with Crippen molar-refractivity contribution in [2.45, 2.75) is 53.1 Å². The Morgan fingerprint density at radius 2 is 1.90 bits per heavy atom. The molecule has 0 saturated carbocycles. The van der Waals surface area contributed by atoms with Gasteiger partial charge in [0.05, 0.1) is 18.2 Å². The number of hydrogen-bond acceptors (Lipinski definition) is 6. The van der Waals surface area contributed by atoms with Gasteiger partial charge in [-0.15, -0.1) is 11.7 Å². The van der Waals surface area contributed by atoms with Crippen LogP contribution >= 0.6 is 0 Å². The highest BCUT2D eigenvalue weighted by Crippen LogP contribution is 2.37. The van der Waals surface area contributed by atoms with Crippen LogP contribution in [0.3, 0.4) is 0 Å². The molecule has 2 fully saturated rings. The topological polar surface area (TPSA) is 114 Å². The van der Waals surface area contributed by atoms with Crippen molar-refractivity contribution in [1.29, 1.82) is 0 Å². The van der Waals surface area contributed by atoms with Gasteiger partial charge in [-0.3, -0.25) is 9.59 Å². The number of aryl methyl sites for hydroxylation is 1. The van der Waals surface area contributed by atoms with Gasteiger partial charge >= 0.3 is 0 Å². The van der Waals surface area contributed by atoms with E-state index in [2.05, 4.69) is 58.0 Å². The molecule has 2 N–H and O–H groups in total. The van der Waals surface area contributed by atoms with Gasteiger partial charge in [-0.2, -0.15) is 4.99 Å². The monoisotopic (exact) mass is 557 g/mol. The summed E-state index contributed by atoms with van der Waals surface area (Å²) < 4.78 is 4.46. The average molecular weight is 558 g/mol. The van der Waals surface area contributed by atoms with Crippen molar-refractivity contribution in [3.8, 4) is 5.82 Å². The molecule has 11 heteroatoms. The van der Waals surface area contributed by atoms with Gasteiger partial charge in [0.1, 0.15) is 0 Å². The standard InChI is InChI=1S/C30H39N9O2/c1-7-14-37-28(41)22(5)27(39(37)25-10-11-26(40)38(35-25)20(2)3)34-29(31-6)33-23-8-9-24(21(4)17-23)36-15-12-30(13-16-36)18-32-19-30/h7-11,17,20,32H,1,6,12-16,18-19H2,2-5H3,(H,33,34). The van der Waals surface area contributed by atoms with Crippen molar-refractivity contribution in [2.24, 2.45) is 15.4 Å². The zero-order valence-electron chi connectivity index (χ0n) is 24.4. The summed E-state index contributed by atoms with van der Waals surface area (Å²) >= 11 is 0. The number of hydrogen-bond donors (Lipinski definition) is 2. The Kier molecular flexibility index (Phi) is 7.81. The van der Waals surface area contributed by atoms with Crippen LogP contribution in [-0.2, 0) is 6.54 Å². The van der Waals surface area contributed by atoms with Crippen molar-refractivity contribution >= 4 is 29.9 Å². The predicted octanol–water partition coefficient (Wildman–Crippen LogP) is 3.57. The summed E-state index contributed by atoms with van der Waals surface area (Å²) in [7, 11) is 0. The van der Waals surface area contributed by atoms with Gasteiger partial charge in [0.25, 0.3) is 11.1 Å². The highest BCUT2D eigenvalue weighted by Gasteiger charge is 2.39. The number of nitrogens with one attached hydrogen (secondary N) is 2. The molecule has 2 saturated heterocycles. The third-order valence-electron chi connectivity index (χ3n) is 8.13. The van der Waals surface area contributed by atoms with Crippen LogP contribution in [0.25, 0.3) is 5.82 Å². The highest BCUT2D eigenvalue weighted by atomic mass is 16.1. The number of anilines is 2. The Bertz CT molecular complexity index is 1610. The number of aliphatic imine (C=N–C) groups is 2. The Morgan fingerprint density at radius 3 is 2.49 bits per heavy atom. The average Bonchev–Trinajstić information content (AvgIpc) is 3.16. The van der Waals surface area contributed by atoms with Gasteiger partial charge in [-0.25, -0.2) is 19.0 Å². The Morgan fingerprint density at radius 1 is 1.17 bits per heavy atom. The van der Waals surface area contributed by atoms with Crippen LogP contribution in [-0.4, -0.2) is 58.0 Å². The van der Waals surface area contributed by atoms with E-state index < -0.39 is 0 Å². The third-order valence-corrected chi connectivity index (χ3v) is 8.13. The molecular formula is C30H39N9O2. The Balaban J connectivity index is 1.47. The van der Waals surface area contributed by atoms with Gasteiger partial charge in [-0.1, -0.05) is 6.08 Å². The van der Waals surface area contributed by atoms with Crippen molar-refractivity contribution in [3.05, 3.63) is 74.8 Å². The minimum Gasteiger partial charge on any atom is -0.371 e. The molecule has 11 nitrogen and oxygen atoms in total. The van der Waals surface area contributed by atoms with Gasteiger partial charge in [0, 0.05) is 43.6 Å². The molecule has 3 aromatic rings. The lowest BCUT2D eigenvalue weighted by molar-refractivity contribution is 0.126. The van der Waals surface area contributed by atoms with E-state index >= 15 is 0 Å². The van der Waals surface area contributed by atoms with E-state index in [0.29, 0.717) is 22.6 Å². The molecule has 5 rings (SSSR count). The molecule has 216 valence electrons. The molecule has 2 aromatic heterocycles. The molecule has 0 unspecified atom stereocenters. The lowest BCUT2D eigenvalue weighted by Gasteiger charge is -2.49. The number of allylic oxidation sites excluding steroid dienone is 1. The van der Waals surface area contributed by atoms with E-state index in [0.717, 1.165) is 37.4 Å². The fourth-order valence-electron chi connectivity index (χ4n) is 5.68. The molecular weight excluding hydrogens is 518 g/mol. The summed E-state index contributed by atoms with van der Waals surface area (Å²) in [5.74, 6) is 0.960. The fourth-order valence-corrected chi connectivity index (χ4v) is 5.68. The maximum absolute atomic E-state index is 13.2. The molecule has 0 atom stereocenters. The van der Waals surface area contributed by atoms with Crippen LogP contribution in [0.5, 0.6) is 0 Å². The molecule has 0 radical (unpaired) electrons. The van der Waals surface area contributed by atoms with E-state index in [1.807, 2.05) is 19.9 Å². The van der Waals surface area contributed by atoms with Crippen molar-refractivity contribution in [2.75, 3.05) is 36.4 Å². The molecule has 2 aliphatic rings. The van der Waals surface area contributed by atoms with Gasteiger partial charge in [-0.05, 0) is 82.5 Å². The summed E-state index contributed by atoms with van der Waals surface area (Å²) in [4.78, 5) is 36.9. The quantitative estimate of drug-likeness (QED) is 0.261. The first-order valence-corrected chi connectivity index (χ1v) is 14.1. The van der Waals surface area contributed by atoms with Crippen LogP contribution in [0.1, 0.15) is 43.9 Å². The second-order valence-corrected chi connectivity index (χ2v) is 11.3. The zero-order chi connectivity index (χ0) is 29.3. The van der Waals surface area contributed by atoms with Crippen molar-refractivity contribution < 1.29 is 0 Å². The van der Waals surface area contributed by atoms with Crippen LogP contribution in [0.2, 0.25) is 0 Å². The van der Waals surface area contributed by atoms with Crippen molar-refractivity contribution in [3.63, 3.8) is 0 Å². The lowest BCUT2D eigenvalue weighted by atomic mass is 9.73.